The number of aromatic nitrogens is 1. The lowest BCUT2D eigenvalue weighted by Gasteiger charge is -2.20. The van der Waals surface area contributed by atoms with Crippen LogP contribution in [0.15, 0.2) is 41.4 Å². The van der Waals surface area contributed by atoms with E-state index in [1.165, 1.54) is 22.9 Å². The van der Waals surface area contributed by atoms with Crippen molar-refractivity contribution in [2.75, 3.05) is 13.1 Å². The van der Waals surface area contributed by atoms with Crippen molar-refractivity contribution in [2.45, 2.75) is 61.9 Å². The van der Waals surface area contributed by atoms with Crippen molar-refractivity contribution in [3.05, 3.63) is 58.8 Å². The summed E-state index contributed by atoms with van der Waals surface area (Å²) in [5.41, 5.74) is 4.19. The van der Waals surface area contributed by atoms with Crippen LogP contribution in [0.1, 0.15) is 48.6 Å². The quantitative estimate of drug-likeness (QED) is 0.722. The lowest BCUT2D eigenvalue weighted by atomic mass is 9.95. The lowest BCUT2D eigenvalue weighted by molar-refractivity contribution is -0.120. The zero-order valence-electron chi connectivity index (χ0n) is 17.4. The number of pyridine rings is 1. The molecule has 2 aromatic rings. The molecule has 1 aromatic carbocycles. The van der Waals surface area contributed by atoms with Gasteiger partial charge in [-0.15, -0.1) is 0 Å². The highest BCUT2D eigenvalue weighted by Gasteiger charge is 2.27. The molecule has 1 N–H and O–H groups in total. The fourth-order valence-corrected chi connectivity index (χ4v) is 5.16. The summed E-state index contributed by atoms with van der Waals surface area (Å²) in [4.78, 5) is 19.9. The zero-order chi connectivity index (χ0) is 20.9. The number of rotatable bonds is 6. The van der Waals surface area contributed by atoms with Crippen molar-refractivity contribution in [1.29, 1.82) is 5.26 Å². The summed E-state index contributed by atoms with van der Waals surface area (Å²) in [5, 5.41) is 13.2. The number of aryl methyl sites for hydroxylation is 2. The van der Waals surface area contributed by atoms with Gasteiger partial charge in [0.25, 0.3) is 0 Å². The predicted molar refractivity (Wildman–Crippen MR) is 119 cm³/mol. The molecular weight excluding hydrogens is 392 g/mol. The second-order valence-corrected chi connectivity index (χ2v) is 9.57. The molecule has 0 bridgehead atoms. The van der Waals surface area contributed by atoms with Gasteiger partial charge >= 0.3 is 0 Å². The highest BCUT2D eigenvalue weighted by molar-refractivity contribution is 8.00. The largest absolute Gasteiger partial charge is 0.351 e. The Balaban J connectivity index is 1.33. The summed E-state index contributed by atoms with van der Waals surface area (Å²) in [7, 11) is 0. The highest BCUT2D eigenvalue weighted by Crippen LogP contribution is 2.30. The first-order chi connectivity index (χ1) is 14.6. The molecule has 2 atom stereocenters. The SMILES string of the molecule is CC(Sc1nc2c(cc1C#N)CCCC2)C(=O)NC1CCN(Cc2ccccc2)C1. The minimum atomic E-state index is -0.283. The Kier molecular flexibility index (Phi) is 6.71. The summed E-state index contributed by atoms with van der Waals surface area (Å²) in [6.07, 6.45) is 5.24. The van der Waals surface area contributed by atoms with E-state index in [4.69, 9.17) is 4.98 Å². The van der Waals surface area contributed by atoms with Gasteiger partial charge < -0.3 is 5.32 Å². The molecule has 30 heavy (non-hydrogen) atoms. The van der Waals surface area contributed by atoms with Gasteiger partial charge in [0.1, 0.15) is 11.1 Å². The third kappa shape index (κ3) is 5.03. The van der Waals surface area contributed by atoms with Crippen LogP contribution in [-0.2, 0) is 24.2 Å². The maximum absolute atomic E-state index is 12.8. The van der Waals surface area contributed by atoms with Crippen LogP contribution in [0.5, 0.6) is 0 Å². The fraction of sp³-hybridized carbons (Fsp3) is 0.458. The van der Waals surface area contributed by atoms with Crippen molar-refractivity contribution >= 4 is 17.7 Å². The van der Waals surface area contributed by atoms with E-state index in [-0.39, 0.29) is 17.2 Å². The zero-order valence-corrected chi connectivity index (χ0v) is 18.3. The molecule has 5 nitrogen and oxygen atoms in total. The van der Waals surface area contributed by atoms with Gasteiger partial charge in [0.15, 0.2) is 0 Å². The second kappa shape index (κ2) is 9.63. The van der Waals surface area contributed by atoms with Gasteiger partial charge in [-0.3, -0.25) is 9.69 Å². The Morgan fingerprint density at radius 3 is 2.93 bits per heavy atom. The lowest BCUT2D eigenvalue weighted by Crippen LogP contribution is -2.40. The van der Waals surface area contributed by atoms with Crippen molar-refractivity contribution < 1.29 is 4.79 Å². The number of thioether (sulfide) groups is 1. The van der Waals surface area contributed by atoms with Gasteiger partial charge in [-0.2, -0.15) is 5.26 Å². The first-order valence-electron chi connectivity index (χ1n) is 10.8. The molecule has 4 rings (SSSR count). The van der Waals surface area contributed by atoms with Crippen LogP contribution in [-0.4, -0.2) is 40.2 Å². The Bertz CT molecular complexity index is 940. The maximum Gasteiger partial charge on any atom is 0.233 e. The second-order valence-electron chi connectivity index (χ2n) is 8.24. The van der Waals surface area contributed by atoms with Crippen molar-refractivity contribution in [3.63, 3.8) is 0 Å². The Labute approximate surface area is 182 Å². The van der Waals surface area contributed by atoms with Crippen molar-refractivity contribution in [3.8, 4) is 6.07 Å². The minimum absolute atomic E-state index is 0.0231. The van der Waals surface area contributed by atoms with Gasteiger partial charge in [0.05, 0.1) is 10.8 Å². The molecule has 0 spiro atoms. The molecule has 1 fully saturated rings. The number of nitrogens with one attached hydrogen (secondary N) is 1. The van der Waals surface area contributed by atoms with Crippen molar-refractivity contribution in [2.24, 2.45) is 0 Å². The number of hydrogen-bond acceptors (Lipinski definition) is 5. The molecule has 1 aliphatic heterocycles. The van der Waals surface area contributed by atoms with E-state index in [1.54, 1.807) is 0 Å². The number of benzene rings is 1. The average Bonchev–Trinajstić information content (AvgIpc) is 3.20. The fourth-order valence-electron chi connectivity index (χ4n) is 4.26. The van der Waals surface area contributed by atoms with Crippen LogP contribution in [0, 0.1) is 11.3 Å². The molecule has 0 radical (unpaired) electrons. The third-order valence-electron chi connectivity index (χ3n) is 5.91. The first-order valence-corrected chi connectivity index (χ1v) is 11.7. The minimum Gasteiger partial charge on any atom is -0.351 e. The Hall–Kier alpha value is -2.36. The number of fused-ring (bicyclic) bond motifs is 1. The topological polar surface area (TPSA) is 69.0 Å². The number of amides is 1. The van der Waals surface area contributed by atoms with Gasteiger partial charge in [-0.25, -0.2) is 4.98 Å². The van der Waals surface area contributed by atoms with E-state index in [9.17, 15) is 10.1 Å². The van der Waals surface area contributed by atoms with Gasteiger partial charge in [0.2, 0.25) is 5.91 Å². The highest BCUT2D eigenvalue weighted by atomic mass is 32.2. The van der Waals surface area contributed by atoms with Crippen LogP contribution >= 0.6 is 11.8 Å². The number of carbonyl (C=O) groups is 1. The van der Waals surface area contributed by atoms with E-state index < -0.39 is 0 Å². The standard InChI is InChI=1S/C24H28N4OS/c1-17(30-24-20(14-25)13-19-9-5-6-10-22(19)27-24)23(29)26-21-11-12-28(16-21)15-18-7-3-2-4-8-18/h2-4,7-8,13,17,21H,5-6,9-12,15-16H2,1H3,(H,26,29). The average molecular weight is 421 g/mol. The Morgan fingerprint density at radius 1 is 1.33 bits per heavy atom. The Morgan fingerprint density at radius 2 is 2.13 bits per heavy atom. The van der Waals surface area contributed by atoms with E-state index >= 15 is 0 Å². The van der Waals surface area contributed by atoms with Crippen LogP contribution in [0.3, 0.4) is 0 Å². The number of hydrogen-bond donors (Lipinski definition) is 1. The molecular formula is C24H28N4OS. The summed E-state index contributed by atoms with van der Waals surface area (Å²) in [6.45, 7) is 4.69. The number of nitrogens with zero attached hydrogens (tertiary/aromatic N) is 3. The monoisotopic (exact) mass is 420 g/mol. The molecule has 0 saturated carbocycles. The smallest absolute Gasteiger partial charge is 0.233 e. The molecule has 1 aromatic heterocycles. The third-order valence-corrected chi connectivity index (χ3v) is 7.01. The first kappa shape index (κ1) is 20.9. The normalized spacial score (nSPS) is 19.7. The van der Waals surface area contributed by atoms with E-state index in [0.717, 1.165) is 57.4 Å². The van der Waals surface area contributed by atoms with E-state index in [2.05, 4.69) is 40.6 Å². The predicted octanol–water partition coefficient (Wildman–Crippen LogP) is 3.70. The molecule has 1 aliphatic carbocycles. The summed E-state index contributed by atoms with van der Waals surface area (Å²) in [6, 6.07) is 14.9. The molecule has 2 heterocycles. The summed E-state index contributed by atoms with van der Waals surface area (Å²) in [5.74, 6) is 0.0231. The maximum atomic E-state index is 12.8. The van der Waals surface area contributed by atoms with Crippen LogP contribution in [0.4, 0.5) is 0 Å². The number of likely N-dealkylation sites (tertiary alicyclic amines) is 1. The molecule has 156 valence electrons. The molecule has 2 unspecified atom stereocenters. The van der Waals surface area contributed by atoms with Gasteiger partial charge in [-0.1, -0.05) is 42.1 Å². The molecule has 2 aliphatic rings. The van der Waals surface area contributed by atoms with Gasteiger partial charge in [-0.05, 0) is 56.2 Å². The van der Waals surface area contributed by atoms with Gasteiger partial charge in [0, 0.05) is 31.4 Å². The molecule has 1 saturated heterocycles. The molecule has 6 heteroatoms. The van der Waals surface area contributed by atoms with Crippen LogP contribution < -0.4 is 5.32 Å². The van der Waals surface area contributed by atoms with E-state index in [0.29, 0.717) is 10.6 Å². The summed E-state index contributed by atoms with van der Waals surface area (Å²) >= 11 is 1.40. The van der Waals surface area contributed by atoms with E-state index in [1.807, 2.05) is 19.1 Å². The van der Waals surface area contributed by atoms with Crippen LogP contribution in [0.2, 0.25) is 0 Å². The van der Waals surface area contributed by atoms with Crippen LogP contribution in [0.25, 0.3) is 0 Å². The van der Waals surface area contributed by atoms with Crippen molar-refractivity contribution in [1.82, 2.24) is 15.2 Å². The molecule has 1 amide bonds. The number of nitriles is 1. The number of carbonyl (C=O) groups excluding carboxylic acids is 1. The summed E-state index contributed by atoms with van der Waals surface area (Å²) < 4.78 is 0.